The number of para-hydroxylation sites is 2. The smallest absolute Gasteiger partial charge is 0.408 e. The second kappa shape index (κ2) is 8.59. The Kier molecular flexibility index (Phi) is 5.51. The molecule has 2 fully saturated rings. The predicted molar refractivity (Wildman–Crippen MR) is 122 cm³/mol. The molecular weight excluding hydrogens is 392 g/mol. The normalized spacial score (nSPS) is 17.2. The molecule has 2 aromatic carbocycles. The highest BCUT2D eigenvalue weighted by atomic mass is 16.4. The summed E-state index contributed by atoms with van der Waals surface area (Å²) in [6, 6.07) is 15.3. The zero-order valence-corrected chi connectivity index (χ0v) is 17.6. The number of oxazole rings is 1. The number of benzene rings is 2. The summed E-state index contributed by atoms with van der Waals surface area (Å²) in [4.78, 5) is 29.5. The monoisotopic (exact) mass is 420 g/mol. The van der Waals surface area contributed by atoms with Crippen LogP contribution in [0.5, 0.6) is 0 Å². The quantitative estimate of drug-likeness (QED) is 0.636. The number of carbonyl (C=O) groups is 1. The second-order valence-electron chi connectivity index (χ2n) is 8.57. The van der Waals surface area contributed by atoms with E-state index in [4.69, 9.17) is 4.42 Å². The van der Waals surface area contributed by atoms with Crippen molar-refractivity contribution in [2.75, 3.05) is 42.9 Å². The van der Waals surface area contributed by atoms with Crippen molar-refractivity contribution < 1.29 is 9.21 Å². The average molecular weight is 421 g/mol. The molecule has 0 radical (unpaired) electrons. The molecule has 1 aliphatic carbocycles. The van der Waals surface area contributed by atoms with Crippen LogP contribution in [0.25, 0.3) is 11.1 Å². The van der Waals surface area contributed by atoms with Crippen molar-refractivity contribution in [3.05, 3.63) is 59.1 Å². The number of piperazine rings is 1. The number of hydrogen-bond acceptors (Lipinski definition) is 5. The Balaban J connectivity index is 1.17. The highest BCUT2D eigenvalue weighted by Gasteiger charge is 2.26. The molecule has 1 N–H and O–H groups in total. The van der Waals surface area contributed by atoms with Gasteiger partial charge in [0.05, 0.1) is 5.52 Å². The number of amides is 1. The first-order valence-corrected chi connectivity index (χ1v) is 11.1. The summed E-state index contributed by atoms with van der Waals surface area (Å²) < 4.78 is 6.74. The number of aromatic nitrogens is 1. The number of rotatable bonds is 7. The van der Waals surface area contributed by atoms with Gasteiger partial charge in [-0.15, -0.1) is 0 Å². The molecule has 1 saturated carbocycles. The maximum absolute atomic E-state index is 12.5. The SMILES string of the molecule is O=C(CCn1c(=O)oc2ccccc21)Nc1cccc(N2CCN(CC3CC3)CC2)c1. The predicted octanol–water partition coefficient (Wildman–Crippen LogP) is 3.16. The van der Waals surface area contributed by atoms with Gasteiger partial charge in [-0.2, -0.15) is 0 Å². The first-order chi connectivity index (χ1) is 15.2. The third-order valence-electron chi connectivity index (χ3n) is 6.22. The van der Waals surface area contributed by atoms with Crippen LogP contribution in [0.1, 0.15) is 19.3 Å². The van der Waals surface area contributed by atoms with E-state index in [0.717, 1.165) is 43.5 Å². The van der Waals surface area contributed by atoms with Crippen LogP contribution in [0.2, 0.25) is 0 Å². The number of carbonyl (C=O) groups excluding carboxylic acids is 1. The van der Waals surface area contributed by atoms with E-state index in [-0.39, 0.29) is 18.9 Å². The lowest BCUT2D eigenvalue weighted by Gasteiger charge is -2.36. The molecule has 0 spiro atoms. The molecule has 7 heteroatoms. The van der Waals surface area contributed by atoms with Crippen molar-refractivity contribution in [2.45, 2.75) is 25.8 Å². The molecule has 5 rings (SSSR count). The zero-order chi connectivity index (χ0) is 21.2. The molecule has 31 heavy (non-hydrogen) atoms. The molecular formula is C24H28N4O3. The lowest BCUT2D eigenvalue weighted by atomic mass is 10.2. The summed E-state index contributed by atoms with van der Waals surface area (Å²) in [7, 11) is 0. The molecule has 3 aromatic rings. The number of aryl methyl sites for hydroxylation is 1. The standard InChI is InChI=1S/C24H28N4O3/c29-23(10-11-28-21-6-1-2-7-22(21)31-24(28)30)25-19-4-3-5-20(16-19)27-14-12-26(13-15-27)17-18-8-9-18/h1-7,16,18H,8-15,17H2,(H,25,29). The van der Waals surface area contributed by atoms with Crippen molar-refractivity contribution >= 4 is 28.4 Å². The summed E-state index contributed by atoms with van der Waals surface area (Å²) in [5.74, 6) is 0.376. The van der Waals surface area contributed by atoms with Crippen LogP contribution in [-0.4, -0.2) is 48.1 Å². The summed E-state index contributed by atoms with van der Waals surface area (Å²) >= 11 is 0. The Morgan fingerprint density at radius 2 is 1.84 bits per heavy atom. The molecule has 1 amide bonds. The van der Waals surface area contributed by atoms with Gasteiger partial charge in [-0.05, 0) is 49.1 Å². The Morgan fingerprint density at radius 1 is 1.03 bits per heavy atom. The van der Waals surface area contributed by atoms with Crippen LogP contribution in [-0.2, 0) is 11.3 Å². The van der Waals surface area contributed by atoms with E-state index in [0.29, 0.717) is 11.1 Å². The molecule has 0 atom stereocenters. The van der Waals surface area contributed by atoms with Gasteiger partial charge >= 0.3 is 5.76 Å². The number of hydrogen-bond donors (Lipinski definition) is 1. The highest BCUT2D eigenvalue weighted by Crippen LogP contribution is 2.30. The number of nitrogens with zero attached hydrogens (tertiary/aromatic N) is 3. The van der Waals surface area contributed by atoms with E-state index in [2.05, 4.69) is 21.2 Å². The van der Waals surface area contributed by atoms with Gasteiger partial charge in [0, 0.05) is 57.1 Å². The van der Waals surface area contributed by atoms with Crippen molar-refractivity contribution in [2.24, 2.45) is 5.92 Å². The Morgan fingerprint density at radius 3 is 2.65 bits per heavy atom. The van der Waals surface area contributed by atoms with Crippen LogP contribution in [0, 0.1) is 5.92 Å². The van der Waals surface area contributed by atoms with Gasteiger partial charge in [-0.1, -0.05) is 18.2 Å². The molecule has 0 unspecified atom stereocenters. The van der Waals surface area contributed by atoms with Gasteiger partial charge in [0.25, 0.3) is 0 Å². The number of anilines is 2. The molecule has 1 aromatic heterocycles. The van der Waals surface area contributed by atoms with E-state index < -0.39 is 5.76 Å². The fourth-order valence-electron chi connectivity index (χ4n) is 4.30. The minimum atomic E-state index is -0.433. The number of nitrogens with one attached hydrogen (secondary N) is 1. The van der Waals surface area contributed by atoms with Crippen LogP contribution in [0.4, 0.5) is 11.4 Å². The minimum Gasteiger partial charge on any atom is -0.408 e. The number of fused-ring (bicyclic) bond motifs is 1. The average Bonchev–Trinajstić information content (AvgIpc) is 3.53. The van der Waals surface area contributed by atoms with Gasteiger partial charge < -0.3 is 14.6 Å². The van der Waals surface area contributed by atoms with Gasteiger partial charge in [-0.25, -0.2) is 4.79 Å². The molecule has 0 bridgehead atoms. The fourth-order valence-corrected chi connectivity index (χ4v) is 4.30. The first-order valence-electron chi connectivity index (χ1n) is 11.1. The van der Waals surface area contributed by atoms with E-state index in [9.17, 15) is 9.59 Å². The Hall–Kier alpha value is -3.06. The van der Waals surface area contributed by atoms with Crippen molar-refractivity contribution in [1.29, 1.82) is 0 Å². The molecule has 1 saturated heterocycles. The third kappa shape index (κ3) is 4.66. The maximum Gasteiger partial charge on any atom is 0.419 e. The largest absolute Gasteiger partial charge is 0.419 e. The van der Waals surface area contributed by atoms with Crippen molar-refractivity contribution in [3.8, 4) is 0 Å². The van der Waals surface area contributed by atoms with Crippen molar-refractivity contribution in [1.82, 2.24) is 9.47 Å². The fraction of sp³-hybridized carbons (Fsp3) is 0.417. The molecule has 2 heterocycles. The van der Waals surface area contributed by atoms with Gasteiger partial charge in [-0.3, -0.25) is 14.3 Å². The summed E-state index contributed by atoms with van der Waals surface area (Å²) in [5.41, 5.74) is 3.18. The lowest BCUT2D eigenvalue weighted by molar-refractivity contribution is -0.116. The Bertz CT molecular complexity index is 1120. The van der Waals surface area contributed by atoms with E-state index in [1.54, 1.807) is 6.07 Å². The van der Waals surface area contributed by atoms with E-state index >= 15 is 0 Å². The summed E-state index contributed by atoms with van der Waals surface area (Å²) in [6.45, 7) is 5.76. The topological polar surface area (TPSA) is 70.7 Å². The van der Waals surface area contributed by atoms with Gasteiger partial charge in [0.1, 0.15) is 0 Å². The van der Waals surface area contributed by atoms with E-state index in [1.807, 2.05) is 36.4 Å². The highest BCUT2D eigenvalue weighted by molar-refractivity contribution is 5.91. The van der Waals surface area contributed by atoms with Crippen LogP contribution in [0.15, 0.2) is 57.7 Å². The minimum absolute atomic E-state index is 0.122. The van der Waals surface area contributed by atoms with E-state index in [1.165, 1.54) is 24.0 Å². The van der Waals surface area contributed by atoms with Crippen LogP contribution < -0.4 is 16.0 Å². The molecule has 7 nitrogen and oxygen atoms in total. The van der Waals surface area contributed by atoms with Gasteiger partial charge in [0.2, 0.25) is 5.91 Å². The lowest BCUT2D eigenvalue weighted by Crippen LogP contribution is -2.47. The third-order valence-corrected chi connectivity index (χ3v) is 6.22. The second-order valence-corrected chi connectivity index (χ2v) is 8.57. The van der Waals surface area contributed by atoms with Crippen molar-refractivity contribution in [3.63, 3.8) is 0 Å². The Labute approximate surface area is 181 Å². The van der Waals surface area contributed by atoms with Crippen LogP contribution >= 0.6 is 0 Å². The summed E-state index contributed by atoms with van der Waals surface area (Å²) in [6.07, 6.45) is 2.99. The van der Waals surface area contributed by atoms with Gasteiger partial charge in [0.15, 0.2) is 5.58 Å². The molecule has 1 aliphatic heterocycles. The first kappa shape index (κ1) is 19.9. The maximum atomic E-state index is 12.5. The summed E-state index contributed by atoms with van der Waals surface area (Å²) in [5, 5.41) is 2.97. The van der Waals surface area contributed by atoms with Crippen LogP contribution in [0.3, 0.4) is 0 Å². The molecule has 2 aliphatic rings. The zero-order valence-electron chi connectivity index (χ0n) is 17.6. The molecule has 162 valence electrons.